The Bertz CT molecular complexity index is 2530. The van der Waals surface area contributed by atoms with Crippen LogP contribution in [0.3, 0.4) is 0 Å². The van der Waals surface area contributed by atoms with Crippen LogP contribution in [0.15, 0.2) is 158 Å². The second-order valence-corrected chi connectivity index (χ2v) is 12.3. The maximum atomic E-state index is 7.60. The number of aromatic nitrogens is 2. The van der Waals surface area contributed by atoms with Gasteiger partial charge in [0.2, 0.25) is 0 Å². The Balaban J connectivity index is 1.24. The zero-order chi connectivity index (χ0) is 31.1. The van der Waals surface area contributed by atoms with Crippen LogP contribution in [0.2, 0.25) is 0 Å². The van der Waals surface area contributed by atoms with Crippen molar-refractivity contribution in [2.45, 2.75) is 5.41 Å². The second kappa shape index (κ2) is 9.53. The molecule has 4 heteroatoms. The van der Waals surface area contributed by atoms with Gasteiger partial charge in [-0.05, 0) is 87.3 Å². The summed E-state index contributed by atoms with van der Waals surface area (Å²) in [5.74, 6) is 0. The summed E-state index contributed by atoms with van der Waals surface area (Å²) in [7, 11) is 0. The van der Waals surface area contributed by atoms with Crippen LogP contribution >= 0.6 is 0 Å². The number of para-hydroxylation sites is 2. The normalized spacial score (nSPS) is 13.6. The summed E-state index contributed by atoms with van der Waals surface area (Å²) >= 11 is 0. The average Bonchev–Trinajstić information content (AvgIpc) is 3.63. The van der Waals surface area contributed by atoms with Crippen molar-refractivity contribution in [3.8, 4) is 16.8 Å². The van der Waals surface area contributed by atoms with Gasteiger partial charge in [0.05, 0.1) is 34.4 Å². The summed E-state index contributed by atoms with van der Waals surface area (Å²) in [5, 5.41) is 2.06. The molecular weight excluding hydrogens is 573 g/mol. The molecule has 47 heavy (non-hydrogen) atoms. The highest BCUT2D eigenvalue weighted by atomic mass is 15.2. The largest absolute Gasteiger partial charge is 0.310 e. The first-order chi connectivity index (χ1) is 23.3. The van der Waals surface area contributed by atoms with Crippen LogP contribution in [0.1, 0.15) is 22.3 Å². The molecule has 1 aliphatic heterocycles. The topological polar surface area (TPSA) is 25.4 Å². The number of nitrogens with zero attached hydrogens (tertiary/aromatic N) is 4. The molecule has 0 amide bonds. The van der Waals surface area contributed by atoms with Gasteiger partial charge in [0.1, 0.15) is 0 Å². The Morgan fingerprint density at radius 2 is 1.13 bits per heavy atom. The van der Waals surface area contributed by atoms with Crippen LogP contribution in [-0.4, -0.2) is 9.55 Å². The molecule has 0 atom stereocenters. The standard InChI is InChI=1S/C43H26N4/c1-44-28-21-22-39-33(25-28)34-27-45-24-23-40(34)46(39)29-11-10-12-30(26-29)47-41-19-8-6-17-37(41)43(38-18-7-9-20-42(38)47)35-15-4-2-13-31(35)32-14-3-5-16-36(32)43/h2-27H. The van der Waals surface area contributed by atoms with Crippen LogP contribution < -0.4 is 4.90 Å². The fraction of sp³-hybridized carbons (Fsp3) is 0.0233. The van der Waals surface area contributed by atoms with Gasteiger partial charge in [-0.1, -0.05) is 97.1 Å². The molecule has 0 saturated heterocycles. The molecule has 2 aromatic heterocycles. The van der Waals surface area contributed by atoms with Crippen molar-refractivity contribution < 1.29 is 0 Å². The molecule has 0 fully saturated rings. The number of benzene rings is 6. The van der Waals surface area contributed by atoms with Crippen LogP contribution in [0, 0.1) is 6.57 Å². The minimum atomic E-state index is -0.436. The number of hydrogen-bond donors (Lipinski definition) is 0. The van der Waals surface area contributed by atoms with Crippen molar-refractivity contribution >= 4 is 44.6 Å². The lowest BCUT2D eigenvalue weighted by Crippen LogP contribution is -2.36. The molecule has 0 unspecified atom stereocenters. The van der Waals surface area contributed by atoms with Crippen LogP contribution in [-0.2, 0) is 5.41 Å². The predicted molar refractivity (Wildman–Crippen MR) is 190 cm³/mol. The Morgan fingerprint density at radius 3 is 1.81 bits per heavy atom. The average molecular weight is 599 g/mol. The zero-order valence-corrected chi connectivity index (χ0v) is 25.3. The summed E-state index contributed by atoms with van der Waals surface area (Å²) in [5.41, 5.74) is 14.6. The maximum absolute atomic E-state index is 7.60. The number of hydrogen-bond acceptors (Lipinski definition) is 2. The van der Waals surface area contributed by atoms with Crippen molar-refractivity contribution in [2.75, 3.05) is 4.90 Å². The Labute approximate surface area is 272 Å². The van der Waals surface area contributed by atoms with Gasteiger partial charge in [-0.25, -0.2) is 4.85 Å². The SMILES string of the molecule is [C-]#[N+]c1ccc2c(c1)c1cnccc1n2-c1cccc(N2c3ccccc3C3(c4ccccc4-c4ccccc43)c3ccccc32)c1. The van der Waals surface area contributed by atoms with Crippen molar-refractivity contribution in [3.05, 3.63) is 192 Å². The van der Waals surface area contributed by atoms with E-state index in [2.05, 4.69) is 153 Å². The van der Waals surface area contributed by atoms with Crippen molar-refractivity contribution in [1.82, 2.24) is 9.55 Å². The monoisotopic (exact) mass is 598 g/mol. The van der Waals surface area contributed by atoms with Crippen LogP contribution in [0.5, 0.6) is 0 Å². The fourth-order valence-electron chi connectivity index (χ4n) is 8.31. The van der Waals surface area contributed by atoms with E-state index in [1.54, 1.807) is 0 Å². The molecule has 218 valence electrons. The highest BCUT2D eigenvalue weighted by Crippen LogP contribution is 2.63. The molecule has 0 N–H and O–H groups in total. The van der Waals surface area contributed by atoms with E-state index in [1.807, 2.05) is 24.5 Å². The molecule has 10 rings (SSSR count). The molecule has 0 saturated carbocycles. The minimum absolute atomic E-state index is 0.436. The molecule has 3 heterocycles. The molecule has 0 bridgehead atoms. The predicted octanol–water partition coefficient (Wildman–Crippen LogP) is 10.9. The third-order valence-electron chi connectivity index (χ3n) is 10.1. The Morgan fingerprint density at radius 1 is 0.532 bits per heavy atom. The van der Waals surface area contributed by atoms with Crippen LogP contribution in [0.4, 0.5) is 22.7 Å². The van der Waals surface area contributed by atoms with Gasteiger partial charge in [0, 0.05) is 29.2 Å². The summed E-state index contributed by atoms with van der Waals surface area (Å²) in [6.07, 6.45) is 3.74. The molecule has 6 aromatic carbocycles. The van der Waals surface area contributed by atoms with Crippen molar-refractivity contribution in [3.63, 3.8) is 0 Å². The van der Waals surface area contributed by atoms with E-state index in [-0.39, 0.29) is 0 Å². The number of fused-ring (bicyclic) bond motifs is 12. The summed E-state index contributed by atoms with van der Waals surface area (Å²) in [6, 6.07) is 52.4. The highest BCUT2D eigenvalue weighted by Gasteiger charge is 2.51. The first-order valence-corrected chi connectivity index (χ1v) is 15.8. The Hall–Kier alpha value is -6.44. The Kier molecular flexibility index (Phi) is 5.24. The first kappa shape index (κ1) is 25.8. The van der Waals surface area contributed by atoms with E-state index >= 15 is 0 Å². The maximum Gasteiger partial charge on any atom is 0.188 e. The molecule has 1 aliphatic carbocycles. The third kappa shape index (κ3) is 3.32. The zero-order valence-electron chi connectivity index (χ0n) is 25.3. The number of pyridine rings is 1. The summed E-state index contributed by atoms with van der Waals surface area (Å²) in [4.78, 5) is 10.6. The van der Waals surface area contributed by atoms with Gasteiger partial charge in [-0.3, -0.25) is 4.98 Å². The smallest absolute Gasteiger partial charge is 0.188 e. The number of anilines is 3. The van der Waals surface area contributed by atoms with E-state index in [4.69, 9.17) is 6.57 Å². The van der Waals surface area contributed by atoms with E-state index < -0.39 is 5.41 Å². The van der Waals surface area contributed by atoms with E-state index in [1.165, 1.54) is 44.8 Å². The summed E-state index contributed by atoms with van der Waals surface area (Å²) < 4.78 is 2.29. The van der Waals surface area contributed by atoms with Gasteiger partial charge in [-0.2, -0.15) is 0 Å². The lowest BCUT2D eigenvalue weighted by atomic mass is 9.64. The molecule has 8 aromatic rings. The third-order valence-corrected chi connectivity index (χ3v) is 10.1. The molecule has 2 aliphatic rings. The lowest BCUT2D eigenvalue weighted by Gasteiger charge is -2.45. The fourth-order valence-corrected chi connectivity index (χ4v) is 8.31. The minimum Gasteiger partial charge on any atom is -0.310 e. The second-order valence-electron chi connectivity index (χ2n) is 12.3. The van der Waals surface area contributed by atoms with Gasteiger partial charge in [-0.15, -0.1) is 0 Å². The van der Waals surface area contributed by atoms with E-state index in [9.17, 15) is 0 Å². The van der Waals surface area contributed by atoms with Crippen molar-refractivity contribution in [1.29, 1.82) is 0 Å². The molecule has 1 spiro atoms. The lowest BCUT2D eigenvalue weighted by molar-refractivity contribution is 0.752. The van der Waals surface area contributed by atoms with Gasteiger partial charge in [0.25, 0.3) is 0 Å². The van der Waals surface area contributed by atoms with Gasteiger partial charge in [0.15, 0.2) is 5.69 Å². The van der Waals surface area contributed by atoms with Gasteiger partial charge < -0.3 is 9.47 Å². The molecule has 4 nitrogen and oxygen atoms in total. The van der Waals surface area contributed by atoms with Crippen LogP contribution in [0.25, 0.3) is 43.5 Å². The summed E-state index contributed by atoms with van der Waals surface area (Å²) in [6.45, 7) is 7.60. The number of rotatable bonds is 2. The van der Waals surface area contributed by atoms with E-state index in [0.717, 1.165) is 33.2 Å². The molecular formula is C43H26N4. The first-order valence-electron chi connectivity index (χ1n) is 15.8. The van der Waals surface area contributed by atoms with Gasteiger partial charge >= 0.3 is 0 Å². The quantitative estimate of drug-likeness (QED) is 0.185. The van der Waals surface area contributed by atoms with Crippen molar-refractivity contribution in [2.24, 2.45) is 0 Å². The van der Waals surface area contributed by atoms with E-state index in [0.29, 0.717) is 5.69 Å². The highest BCUT2D eigenvalue weighted by molar-refractivity contribution is 6.10. The molecule has 0 radical (unpaired) electrons.